The van der Waals surface area contributed by atoms with Gasteiger partial charge in [0.25, 0.3) is 0 Å². The number of likely N-dealkylation sites (N-methyl/N-ethyl adjacent to an activating group) is 1. The quantitative estimate of drug-likeness (QED) is 0.835. The molecule has 0 saturated heterocycles. The Morgan fingerprint density at radius 3 is 2.59 bits per heavy atom. The minimum Gasteiger partial charge on any atom is -0.395 e. The summed E-state index contributed by atoms with van der Waals surface area (Å²) in [5.41, 5.74) is 0.626. The van der Waals surface area contributed by atoms with E-state index in [1.54, 1.807) is 19.2 Å². The summed E-state index contributed by atoms with van der Waals surface area (Å²) in [6, 6.07) is 4.54. The molecule has 1 aromatic rings. The zero-order valence-electron chi connectivity index (χ0n) is 9.74. The molecule has 0 aromatic heterocycles. The lowest BCUT2D eigenvalue weighted by molar-refractivity contribution is 0.0924. The van der Waals surface area contributed by atoms with E-state index in [1.165, 1.54) is 6.07 Å². The standard InChI is InChI=1S/C12H17BrFNO2/c1-15(11(7-16)8-17)5-4-9-6-10(13)2-3-12(9)14/h2-3,6,11,16-17H,4-5,7-8H2,1H3. The number of aliphatic hydroxyl groups is 2. The van der Waals surface area contributed by atoms with Crippen LogP contribution >= 0.6 is 15.9 Å². The lowest BCUT2D eigenvalue weighted by Crippen LogP contribution is -2.38. The highest BCUT2D eigenvalue weighted by Gasteiger charge is 2.13. The van der Waals surface area contributed by atoms with Crippen molar-refractivity contribution in [3.63, 3.8) is 0 Å². The highest BCUT2D eigenvalue weighted by molar-refractivity contribution is 9.10. The molecule has 1 aromatic carbocycles. The molecule has 96 valence electrons. The molecule has 17 heavy (non-hydrogen) atoms. The van der Waals surface area contributed by atoms with Crippen LogP contribution in [-0.2, 0) is 6.42 Å². The fourth-order valence-corrected chi connectivity index (χ4v) is 1.96. The van der Waals surface area contributed by atoms with Crippen molar-refractivity contribution < 1.29 is 14.6 Å². The van der Waals surface area contributed by atoms with Gasteiger partial charge in [-0.2, -0.15) is 0 Å². The van der Waals surface area contributed by atoms with Gasteiger partial charge in [-0.3, -0.25) is 4.90 Å². The number of benzene rings is 1. The molecule has 0 unspecified atom stereocenters. The van der Waals surface area contributed by atoms with Crippen LogP contribution in [-0.4, -0.2) is 48.0 Å². The summed E-state index contributed by atoms with van der Waals surface area (Å²) in [5.74, 6) is -0.230. The van der Waals surface area contributed by atoms with Gasteiger partial charge >= 0.3 is 0 Å². The first-order valence-electron chi connectivity index (χ1n) is 5.44. The fourth-order valence-electron chi connectivity index (χ4n) is 1.55. The van der Waals surface area contributed by atoms with Gasteiger partial charge < -0.3 is 10.2 Å². The number of hydrogen-bond donors (Lipinski definition) is 2. The molecule has 0 aliphatic carbocycles. The fraction of sp³-hybridized carbons (Fsp3) is 0.500. The van der Waals surface area contributed by atoms with E-state index in [-0.39, 0.29) is 25.1 Å². The molecular weight excluding hydrogens is 289 g/mol. The van der Waals surface area contributed by atoms with Crippen LogP contribution in [0.15, 0.2) is 22.7 Å². The summed E-state index contributed by atoms with van der Waals surface area (Å²) < 4.78 is 14.3. The van der Waals surface area contributed by atoms with Gasteiger partial charge in [0.15, 0.2) is 0 Å². The molecule has 0 amide bonds. The third-order valence-corrected chi connectivity index (χ3v) is 3.28. The van der Waals surface area contributed by atoms with Gasteiger partial charge in [0.2, 0.25) is 0 Å². The van der Waals surface area contributed by atoms with Crippen LogP contribution in [0.4, 0.5) is 4.39 Å². The van der Waals surface area contributed by atoms with Crippen molar-refractivity contribution in [2.75, 3.05) is 26.8 Å². The zero-order valence-corrected chi connectivity index (χ0v) is 11.3. The minimum absolute atomic E-state index is 0.103. The molecule has 0 heterocycles. The lowest BCUT2D eigenvalue weighted by atomic mass is 10.1. The van der Waals surface area contributed by atoms with Gasteiger partial charge in [-0.05, 0) is 37.2 Å². The topological polar surface area (TPSA) is 43.7 Å². The monoisotopic (exact) mass is 305 g/mol. The molecule has 0 fully saturated rings. The van der Waals surface area contributed by atoms with Crippen molar-refractivity contribution in [1.82, 2.24) is 4.90 Å². The number of hydrogen-bond acceptors (Lipinski definition) is 3. The van der Waals surface area contributed by atoms with Crippen molar-refractivity contribution in [2.24, 2.45) is 0 Å². The van der Waals surface area contributed by atoms with Crippen molar-refractivity contribution >= 4 is 15.9 Å². The summed E-state index contributed by atoms with van der Waals surface area (Å²) >= 11 is 3.30. The van der Waals surface area contributed by atoms with Gasteiger partial charge in [0.05, 0.1) is 19.3 Å². The Balaban J connectivity index is 2.57. The van der Waals surface area contributed by atoms with E-state index in [1.807, 2.05) is 4.90 Å². The highest BCUT2D eigenvalue weighted by atomic mass is 79.9. The van der Waals surface area contributed by atoms with Gasteiger partial charge in [-0.1, -0.05) is 15.9 Å². The van der Waals surface area contributed by atoms with E-state index >= 15 is 0 Å². The maximum Gasteiger partial charge on any atom is 0.126 e. The van der Waals surface area contributed by atoms with Crippen LogP contribution < -0.4 is 0 Å². The average molecular weight is 306 g/mol. The van der Waals surface area contributed by atoms with Crippen molar-refractivity contribution in [1.29, 1.82) is 0 Å². The highest BCUT2D eigenvalue weighted by Crippen LogP contribution is 2.16. The normalized spacial score (nSPS) is 11.5. The summed E-state index contributed by atoms with van der Waals surface area (Å²) in [7, 11) is 1.80. The lowest BCUT2D eigenvalue weighted by Gasteiger charge is -2.24. The van der Waals surface area contributed by atoms with Crippen LogP contribution in [0.1, 0.15) is 5.56 Å². The molecule has 2 N–H and O–H groups in total. The maximum atomic E-state index is 13.4. The molecule has 0 atom stereocenters. The Labute approximate surface area is 109 Å². The summed E-state index contributed by atoms with van der Waals surface area (Å²) in [5, 5.41) is 18.0. The second-order valence-electron chi connectivity index (χ2n) is 3.99. The van der Waals surface area contributed by atoms with E-state index in [0.717, 1.165) is 4.47 Å². The van der Waals surface area contributed by atoms with E-state index in [9.17, 15) is 4.39 Å². The molecule has 0 spiro atoms. The van der Waals surface area contributed by atoms with E-state index in [0.29, 0.717) is 18.5 Å². The van der Waals surface area contributed by atoms with Crippen LogP contribution in [0, 0.1) is 5.82 Å². The Kier molecular flexibility index (Phi) is 6.05. The third-order valence-electron chi connectivity index (χ3n) is 2.79. The molecule has 0 bridgehead atoms. The zero-order chi connectivity index (χ0) is 12.8. The van der Waals surface area contributed by atoms with Crippen LogP contribution in [0.3, 0.4) is 0 Å². The van der Waals surface area contributed by atoms with Crippen molar-refractivity contribution in [3.8, 4) is 0 Å². The number of aliphatic hydroxyl groups excluding tert-OH is 2. The maximum absolute atomic E-state index is 13.4. The van der Waals surface area contributed by atoms with E-state index < -0.39 is 0 Å². The van der Waals surface area contributed by atoms with Gasteiger partial charge in [-0.25, -0.2) is 4.39 Å². The second-order valence-corrected chi connectivity index (χ2v) is 4.90. The number of halogens is 2. The Bertz CT molecular complexity index is 358. The predicted octanol–water partition coefficient (Wildman–Crippen LogP) is 1.42. The van der Waals surface area contributed by atoms with Gasteiger partial charge in [0, 0.05) is 11.0 Å². The smallest absolute Gasteiger partial charge is 0.126 e. The summed E-state index contributed by atoms with van der Waals surface area (Å²) in [6.07, 6.45) is 0.540. The molecule has 3 nitrogen and oxygen atoms in total. The van der Waals surface area contributed by atoms with Gasteiger partial charge in [-0.15, -0.1) is 0 Å². The number of rotatable bonds is 6. The van der Waals surface area contributed by atoms with Crippen LogP contribution in [0.5, 0.6) is 0 Å². The third kappa shape index (κ3) is 4.35. The largest absolute Gasteiger partial charge is 0.395 e. The Hall–Kier alpha value is -0.490. The summed E-state index contributed by atoms with van der Waals surface area (Å²) in [4.78, 5) is 1.82. The van der Waals surface area contributed by atoms with E-state index in [2.05, 4.69) is 15.9 Å². The molecule has 5 heteroatoms. The minimum atomic E-state index is -0.287. The second kappa shape index (κ2) is 7.06. The first-order chi connectivity index (χ1) is 8.08. The summed E-state index contributed by atoms with van der Waals surface area (Å²) in [6.45, 7) is 0.376. The van der Waals surface area contributed by atoms with Crippen molar-refractivity contribution in [3.05, 3.63) is 34.1 Å². The van der Waals surface area contributed by atoms with Crippen LogP contribution in [0.2, 0.25) is 0 Å². The average Bonchev–Trinajstić information content (AvgIpc) is 2.32. The van der Waals surface area contributed by atoms with Gasteiger partial charge in [0.1, 0.15) is 5.82 Å². The predicted molar refractivity (Wildman–Crippen MR) is 68.4 cm³/mol. The Morgan fingerprint density at radius 2 is 2.00 bits per heavy atom. The number of nitrogens with zero attached hydrogens (tertiary/aromatic N) is 1. The van der Waals surface area contributed by atoms with Crippen molar-refractivity contribution in [2.45, 2.75) is 12.5 Å². The molecule has 0 aliphatic heterocycles. The SMILES string of the molecule is CN(CCc1cc(Br)ccc1F)C(CO)CO. The Morgan fingerprint density at radius 1 is 1.35 bits per heavy atom. The molecule has 1 rings (SSSR count). The van der Waals surface area contributed by atoms with Crippen LogP contribution in [0.25, 0.3) is 0 Å². The first kappa shape index (κ1) is 14.6. The first-order valence-corrected chi connectivity index (χ1v) is 6.23. The molecular formula is C12H17BrFNO2. The molecule has 0 aliphatic rings. The molecule has 0 saturated carbocycles. The van der Waals surface area contributed by atoms with E-state index in [4.69, 9.17) is 10.2 Å². The molecule has 0 radical (unpaired) electrons.